The standard InChI is InChI=1S/C19H23ClN2O3S2/c1-13-8-9-18(26-13)27(24,25)22-10-4-6-16(12-22)19(23)21-14(2)15-5-3-7-17(20)11-15/h3,5,7-9,11,14,16H,4,6,10,12H2,1-2H3,(H,21,23)/t14-,16+/m1/s1. The van der Waals surface area contributed by atoms with Crippen LogP contribution in [0.3, 0.4) is 0 Å². The summed E-state index contributed by atoms with van der Waals surface area (Å²) in [5.41, 5.74) is 0.921. The Hall–Kier alpha value is -1.41. The third-order valence-corrected chi connectivity index (χ3v) is 8.34. The van der Waals surface area contributed by atoms with E-state index in [1.54, 1.807) is 18.2 Å². The van der Waals surface area contributed by atoms with Crippen molar-refractivity contribution in [2.45, 2.75) is 36.9 Å². The van der Waals surface area contributed by atoms with Gasteiger partial charge in [-0.1, -0.05) is 23.7 Å². The number of benzene rings is 1. The van der Waals surface area contributed by atoms with E-state index in [4.69, 9.17) is 11.6 Å². The van der Waals surface area contributed by atoms with Crippen molar-refractivity contribution in [3.63, 3.8) is 0 Å². The van der Waals surface area contributed by atoms with Gasteiger partial charge in [0.2, 0.25) is 5.91 Å². The number of aryl methyl sites for hydroxylation is 1. The molecule has 0 spiro atoms. The Labute approximate surface area is 169 Å². The van der Waals surface area contributed by atoms with Crippen molar-refractivity contribution >= 4 is 38.9 Å². The van der Waals surface area contributed by atoms with E-state index in [-0.39, 0.29) is 24.4 Å². The summed E-state index contributed by atoms with van der Waals surface area (Å²) in [4.78, 5) is 13.7. The molecule has 0 bridgehead atoms. The molecule has 146 valence electrons. The molecule has 1 aliphatic rings. The van der Waals surface area contributed by atoms with Gasteiger partial charge in [-0.05, 0) is 56.5 Å². The molecule has 8 heteroatoms. The number of rotatable bonds is 5. The summed E-state index contributed by atoms with van der Waals surface area (Å²) in [5.74, 6) is -0.471. The van der Waals surface area contributed by atoms with Crippen LogP contribution in [-0.4, -0.2) is 31.7 Å². The first kappa shape index (κ1) is 20.3. The van der Waals surface area contributed by atoms with Crippen molar-refractivity contribution in [2.75, 3.05) is 13.1 Å². The quantitative estimate of drug-likeness (QED) is 0.786. The van der Waals surface area contributed by atoms with E-state index in [1.807, 2.05) is 32.0 Å². The fraction of sp³-hybridized carbons (Fsp3) is 0.421. The molecule has 1 aliphatic heterocycles. The van der Waals surface area contributed by atoms with E-state index in [0.717, 1.165) is 10.4 Å². The van der Waals surface area contributed by atoms with Gasteiger partial charge in [-0.15, -0.1) is 11.3 Å². The highest BCUT2D eigenvalue weighted by atomic mass is 35.5. The fourth-order valence-corrected chi connectivity index (χ4v) is 6.40. The summed E-state index contributed by atoms with van der Waals surface area (Å²) in [6.07, 6.45) is 1.36. The van der Waals surface area contributed by atoms with Crippen molar-refractivity contribution in [2.24, 2.45) is 5.92 Å². The number of halogens is 1. The summed E-state index contributed by atoms with van der Waals surface area (Å²) in [6, 6.07) is 10.6. The summed E-state index contributed by atoms with van der Waals surface area (Å²) < 4.78 is 27.5. The van der Waals surface area contributed by atoms with E-state index in [0.29, 0.717) is 28.6 Å². The minimum absolute atomic E-state index is 0.121. The molecule has 1 N–H and O–H groups in total. The molecular formula is C19H23ClN2O3S2. The van der Waals surface area contributed by atoms with E-state index >= 15 is 0 Å². The smallest absolute Gasteiger partial charge is 0.252 e. The van der Waals surface area contributed by atoms with Gasteiger partial charge in [-0.3, -0.25) is 4.79 Å². The molecule has 2 aromatic rings. The van der Waals surface area contributed by atoms with Gasteiger partial charge in [0, 0.05) is 23.0 Å². The predicted molar refractivity (Wildman–Crippen MR) is 109 cm³/mol. The van der Waals surface area contributed by atoms with Crippen LogP contribution in [0.2, 0.25) is 5.02 Å². The van der Waals surface area contributed by atoms with Gasteiger partial charge < -0.3 is 5.32 Å². The number of nitrogens with zero attached hydrogens (tertiary/aromatic N) is 1. The number of hydrogen-bond acceptors (Lipinski definition) is 4. The molecule has 0 aliphatic carbocycles. The highest BCUT2D eigenvalue weighted by molar-refractivity contribution is 7.91. The molecule has 2 atom stereocenters. The second kappa shape index (κ2) is 8.31. The second-order valence-corrected chi connectivity index (χ2v) is 10.7. The number of piperidine rings is 1. The number of amides is 1. The Morgan fingerprint density at radius 2 is 2.11 bits per heavy atom. The zero-order valence-electron chi connectivity index (χ0n) is 15.3. The lowest BCUT2D eigenvalue weighted by Crippen LogP contribution is -2.45. The van der Waals surface area contributed by atoms with Crippen LogP contribution in [-0.2, 0) is 14.8 Å². The largest absolute Gasteiger partial charge is 0.349 e. The van der Waals surface area contributed by atoms with Crippen LogP contribution >= 0.6 is 22.9 Å². The van der Waals surface area contributed by atoms with Crippen LogP contribution < -0.4 is 5.32 Å². The van der Waals surface area contributed by atoms with Gasteiger partial charge in [-0.2, -0.15) is 4.31 Å². The molecule has 2 heterocycles. The zero-order valence-corrected chi connectivity index (χ0v) is 17.7. The van der Waals surface area contributed by atoms with Crippen molar-refractivity contribution in [3.05, 3.63) is 51.9 Å². The van der Waals surface area contributed by atoms with E-state index in [9.17, 15) is 13.2 Å². The van der Waals surface area contributed by atoms with Crippen LogP contribution in [0.15, 0.2) is 40.6 Å². The van der Waals surface area contributed by atoms with Gasteiger partial charge in [0.1, 0.15) is 4.21 Å². The normalized spacial score (nSPS) is 19.6. The number of carbonyl (C=O) groups excluding carboxylic acids is 1. The fourth-order valence-electron chi connectivity index (χ4n) is 3.24. The lowest BCUT2D eigenvalue weighted by atomic mass is 9.98. The van der Waals surface area contributed by atoms with Crippen LogP contribution in [0.25, 0.3) is 0 Å². The Bertz CT molecular complexity index is 927. The number of carbonyl (C=O) groups is 1. The second-order valence-electron chi connectivity index (χ2n) is 6.85. The number of thiophene rings is 1. The third kappa shape index (κ3) is 4.71. The van der Waals surface area contributed by atoms with Crippen LogP contribution in [0, 0.1) is 12.8 Å². The zero-order chi connectivity index (χ0) is 19.6. The molecule has 5 nitrogen and oxygen atoms in total. The van der Waals surface area contributed by atoms with E-state index in [1.165, 1.54) is 15.6 Å². The van der Waals surface area contributed by atoms with Crippen LogP contribution in [0.4, 0.5) is 0 Å². The van der Waals surface area contributed by atoms with E-state index < -0.39 is 10.0 Å². The highest BCUT2D eigenvalue weighted by Crippen LogP contribution is 2.28. The first-order valence-corrected chi connectivity index (χ1v) is 11.5. The molecule has 1 saturated heterocycles. The first-order chi connectivity index (χ1) is 12.8. The maximum absolute atomic E-state index is 12.8. The van der Waals surface area contributed by atoms with E-state index in [2.05, 4.69) is 5.32 Å². The summed E-state index contributed by atoms with van der Waals surface area (Å²) in [5, 5.41) is 3.61. The van der Waals surface area contributed by atoms with Crippen molar-refractivity contribution in [3.8, 4) is 0 Å². The monoisotopic (exact) mass is 426 g/mol. The first-order valence-electron chi connectivity index (χ1n) is 8.90. The van der Waals surface area contributed by atoms with Gasteiger partial charge in [0.25, 0.3) is 10.0 Å². The van der Waals surface area contributed by atoms with Gasteiger partial charge in [0.15, 0.2) is 0 Å². The van der Waals surface area contributed by atoms with Crippen molar-refractivity contribution in [1.82, 2.24) is 9.62 Å². The van der Waals surface area contributed by atoms with Crippen LogP contribution in [0.5, 0.6) is 0 Å². The Balaban J connectivity index is 1.67. The highest BCUT2D eigenvalue weighted by Gasteiger charge is 2.34. The summed E-state index contributed by atoms with van der Waals surface area (Å²) in [6.45, 7) is 4.45. The maximum Gasteiger partial charge on any atom is 0.252 e. The minimum atomic E-state index is -3.54. The molecular weight excluding hydrogens is 404 g/mol. The third-order valence-electron chi connectivity index (χ3n) is 4.77. The number of nitrogens with one attached hydrogen (secondary N) is 1. The molecule has 1 aromatic carbocycles. The molecule has 0 saturated carbocycles. The average molecular weight is 427 g/mol. The maximum atomic E-state index is 12.8. The van der Waals surface area contributed by atoms with Crippen molar-refractivity contribution < 1.29 is 13.2 Å². The molecule has 3 rings (SSSR count). The lowest BCUT2D eigenvalue weighted by Gasteiger charge is -2.31. The molecule has 27 heavy (non-hydrogen) atoms. The number of sulfonamides is 1. The minimum Gasteiger partial charge on any atom is -0.349 e. The Kier molecular flexibility index (Phi) is 6.25. The Morgan fingerprint density at radius 3 is 2.78 bits per heavy atom. The molecule has 1 aromatic heterocycles. The van der Waals surface area contributed by atoms with Gasteiger partial charge >= 0.3 is 0 Å². The van der Waals surface area contributed by atoms with Gasteiger partial charge in [0.05, 0.1) is 12.0 Å². The SMILES string of the molecule is Cc1ccc(S(=O)(=O)N2CCC[C@H](C(=O)N[C@H](C)c3cccc(Cl)c3)C2)s1. The molecule has 0 unspecified atom stereocenters. The van der Waals surface area contributed by atoms with Gasteiger partial charge in [-0.25, -0.2) is 8.42 Å². The van der Waals surface area contributed by atoms with Crippen molar-refractivity contribution in [1.29, 1.82) is 0 Å². The Morgan fingerprint density at radius 1 is 1.33 bits per heavy atom. The topological polar surface area (TPSA) is 66.5 Å². The average Bonchev–Trinajstić information content (AvgIpc) is 3.09. The molecule has 0 radical (unpaired) electrons. The lowest BCUT2D eigenvalue weighted by molar-refractivity contribution is -0.126. The predicted octanol–water partition coefficient (Wildman–Crippen LogP) is 3.99. The molecule has 1 fully saturated rings. The summed E-state index contributed by atoms with van der Waals surface area (Å²) in [7, 11) is -3.54. The number of hydrogen-bond donors (Lipinski definition) is 1. The summed E-state index contributed by atoms with van der Waals surface area (Å²) >= 11 is 7.28. The van der Waals surface area contributed by atoms with Crippen LogP contribution in [0.1, 0.15) is 36.2 Å². The molecule has 1 amide bonds.